The van der Waals surface area contributed by atoms with Gasteiger partial charge in [0, 0.05) is 45.1 Å². The molecule has 0 spiro atoms. The molecule has 0 aliphatic carbocycles. The molecule has 0 saturated heterocycles. The summed E-state index contributed by atoms with van der Waals surface area (Å²) in [6.07, 6.45) is 0. The van der Waals surface area contributed by atoms with Crippen LogP contribution in [0.5, 0.6) is 11.5 Å². The highest BCUT2D eigenvalue weighted by Gasteiger charge is 2.25. The fourth-order valence-corrected chi connectivity index (χ4v) is 9.22. The van der Waals surface area contributed by atoms with Crippen molar-refractivity contribution >= 4 is 55.4 Å². The summed E-state index contributed by atoms with van der Waals surface area (Å²) in [6, 6.07) is 41.5. The number of aromatic nitrogens is 2. The van der Waals surface area contributed by atoms with Crippen molar-refractivity contribution in [3.05, 3.63) is 131 Å². The number of hydrogen-bond donors (Lipinski definition) is 0. The molecule has 0 radical (unpaired) electrons. The smallest absolute Gasteiger partial charge is 0.143 e. The summed E-state index contributed by atoms with van der Waals surface area (Å²) >= 11 is 1.78. The number of nitrogens with zero attached hydrogens (tertiary/aromatic N) is 2. The molecule has 1 aliphatic heterocycles. The summed E-state index contributed by atoms with van der Waals surface area (Å²) in [4.78, 5) is 2.25. The Balaban J connectivity index is 0.00000231. The topological polar surface area (TPSA) is 19.1 Å². The summed E-state index contributed by atoms with van der Waals surface area (Å²) in [5, 5.41) is 5.16. The molecule has 3 nitrogen and oxygen atoms in total. The SMILES string of the molecule is CC.CC(C)(C)c1ccc2c(c1)c1cc(C(C)(C)C)ccc1n2-c1ccc2c(c1)Oc1cc(-n3c4ccc(C(C)(C)C)cc4c4cc(C(C)(C)C)ccc43)ccc1S2. The third-order valence-corrected chi connectivity index (χ3v) is 12.9. The molecule has 0 amide bonds. The Bertz CT molecular complexity index is 2550. The summed E-state index contributed by atoms with van der Waals surface area (Å²) in [5.41, 5.74) is 12.6. The van der Waals surface area contributed by atoms with Crippen molar-refractivity contribution in [1.29, 1.82) is 0 Å². The Kier molecular flexibility index (Phi) is 9.51. The molecule has 58 heavy (non-hydrogen) atoms. The molecule has 3 heterocycles. The highest BCUT2D eigenvalue weighted by atomic mass is 32.2. The average molecular weight is 785 g/mol. The molecule has 0 unspecified atom stereocenters. The highest BCUT2D eigenvalue weighted by Crippen LogP contribution is 2.50. The fourth-order valence-electron chi connectivity index (χ4n) is 8.31. The lowest BCUT2D eigenvalue weighted by molar-refractivity contribution is 0.454. The Morgan fingerprint density at radius 3 is 0.897 bits per heavy atom. The van der Waals surface area contributed by atoms with Gasteiger partial charge < -0.3 is 13.9 Å². The third kappa shape index (κ3) is 6.81. The second-order valence-electron chi connectivity index (χ2n) is 20.1. The van der Waals surface area contributed by atoms with Crippen LogP contribution in [-0.4, -0.2) is 9.13 Å². The van der Waals surface area contributed by atoms with Gasteiger partial charge in [0.1, 0.15) is 11.5 Å². The fraction of sp³-hybridized carbons (Fsp3) is 0.333. The van der Waals surface area contributed by atoms with Crippen molar-refractivity contribution in [3.8, 4) is 22.9 Å². The summed E-state index contributed by atoms with van der Waals surface area (Å²) < 4.78 is 11.7. The van der Waals surface area contributed by atoms with E-state index in [0.717, 1.165) is 32.7 Å². The lowest BCUT2D eigenvalue weighted by Crippen LogP contribution is -2.10. The normalized spacial score (nSPS) is 13.4. The van der Waals surface area contributed by atoms with Crippen LogP contribution in [0.4, 0.5) is 0 Å². The van der Waals surface area contributed by atoms with E-state index in [1.54, 1.807) is 11.8 Å². The van der Waals surface area contributed by atoms with E-state index in [1.807, 2.05) is 13.8 Å². The minimum atomic E-state index is 0.0529. The molecular weight excluding hydrogens is 725 g/mol. The van der Waals surface area contributed by atoms with E-state index in [9.17, 15) is 0 Å². The van der Waals surface area contributed by atoms with Gasteiger partial charge >= 0.3 is 0 Å². The van der Waals surface area contributed by atoms with Gasteiger partial charge in [0.2, 0.25) is 0 Å². The molecule has 0 fully saturated rings. The van der Waals surface area contributed by atoms with Crippen LogP contribution in [0.25, 0.3) is 55.0 Å². The van der Waals surface area contributed by atoms with Gasteiger partial charge in [-0.2, -0.15) is 0 Å². The van der Waals surface area contributed by atoms with Crippen molar-refractivity contribution in [3.63, 3.8) is 0 Å². The van der Waals surface area contributed by atoms with Crippen molar-refractivity contribution in [2.24, 2.45) is 0 Å². The third-order valence-electron chi connectivity index (χ3n) is 11.8. The van der Waals surface area contributed by atoms with E-state index < -0.39 is 0 Å². The number of hydrogen-bond acceptors (Lipinski definition) is 2. The van der Waals surface area contributed by atoms with Gasteiger partial charge in [0.05, 0.1) is 31.9 Å². The quantitative estimate of drug-likeness (QED) is 0.174. The molecule has 0 N–H and O–H groups in total. The Morgan fingerprint density at radius 1 is 0.362 bits per heavy atom. The van der Waals surface area contributed by atoms with E-state index >= 15 is 0 Å². The second kappa shape index (κ2) is 13.8. The van der Waals surface area contributed by atoms with Crippen molar-refractivity contribution in [2.45, 2.75) is 128 Å². The molecule has 0 saturated carbocycles. The van der Waals surface area contributed by atoms with E-state index in [2.05, 4.69) is 201 Å². The van der Waals surface area contributed by atoms with Crippen LogP contribution in [-0.2, 0) is 21.7 Å². The Morgan fingerprint density at radius 2 is 0.638 bits per heavy atom. The first-order chi connectivity index (χ1) is 27.3. The van der Waals surface area contributed by atoms with Crippen LogP contribution < -0.4 is 4.74 Å². The average Bonchev–Trinajstić information content (AvgIpc) is 3.67. The minimum Gasteiger partial charge on any atom is -0.455 e. The maximum Gasteiger partial charge on any atom is 0.143 e. The summed E-state index contributed by atoms with van der Waals surface area (Å²) in [7, 11) is 0. The molecule has 6 aromatic carbocycles. The molecule has 298 valence electrons. The zero-order valence-corrected chi connectivity index (χ0v) is 37.9. The monoisotopic (exact) mass is 784 g/mol. The molecule has 1 aliphatic rings. The summed E-state index contributed by atoms with van der Waals surface area (Å²) in [6.45, 7) is 31.5. The van der Waals surface area contributed by atoms with Crippen LogP contribution in [0.2, 0.25) is 0 Å². The maximum atomic E-state index is 6.91. The van der Waals surface area contributed by atoms with Crippen LogP contribution in [0, 0.1) is 0 Å². The van der Waals surface area contributed by atoms with E-state index in [4.69, 9.17) is 4.74 Å². The minimum absolute atomic E-state index is 0.0529. The molecule has 8 aromatic rings. The van der Waals surface area contributed by atoms with Gasteiger partial charge in [-0.25, -0.2) is 0 Å². The van der Waals surface area contributed by atoms with Gasteiger partial charge in [-0.05, 0) is 117 Å². The second-order valence-corrected chi connectivity index (χ2v) is 21.1. The van der Waals surface area contributed by atoms with Gasteiger partial charge in [-0.15, -0.1) is 0 Å². The van der Waals surface area contributed by atoms with Gasteiger partial charge in [-0.3, -0.25) is 0 Å². The summed E-state index contributed by atoms with van der Waals surface area (Å²) in [5.74, 6) is 1.77. The Hall–Kier alpha value is -4.93. The zero-order valence-electron chi connectivity index (χ0n) is 37.1. The predicted octanol–water partition coefficient (Wildman–Crippen LogP) is 16.4. The number of rotatable bonds is 2. The van der Waals surface area contributed by atoms with Crippen LogP contribution in [0.1, 0.15) is 119 Å². The lowest BCUT2D eigenvalue weighted by Gasteiger charge is -2.22. The molecule has 0 bridgehead atoms. The molecule has 0 atom stereocenters. The molecule has 2 aromatic heterocycles. The maximum absolute atomic E-state index is 6.91. The van der Waals surface area contributed by atoms with Crippen molar-refractivity contribution in [2.75, 3.05) is 0 Å². The van der Waals surface area contributed by atoms with Crippen molar-refractivity contribution in [1.82, 2.24) is 9.13 Å². The predicted molar refractivity (Wildman–Crippen MR) is 252 cm³/mol. The number of benzene rings is 6. The van der Waals surface area contributed by atoms with Gasteiger partial charge in [0.25, 0.3) is 0 Å². The number of ether oxygens (including phenoxy) is 1. The zero-order chi connectivity index (χ0) is 41.7. The molecular formula is C54H60N2OS. The van der Waals surface area contributed by atoms with Crippen LogP contribution >= 0.6 is 11.8 Å². The number of fused-ring (bicyclic) bond motifs is 8. The van der Waals surface area contributed by atoms with Gasteiger partial charge in [-0.1, -0.05) is 133 Å². The first kappa shape index (κ1) is 39.9. The highest BCUT2D eigenvalue weighted by molar-refractivity contribution is 7.99. The lowest BCUT2D eigenvalue weighted by atomic mass is 9.85. The van der Waals surface area contributed by atoms with Crippen LogP contribution in [0.3, 0.4) is 0 Å². The first-order valence-electron chi connectivity index (χ1n) is 21.1. The largest absolute Gasteiger partial charge is 0.455 e. The van der Waals surface area contributed by atoms with Gasteiger partial charge in [0.15, 0.2) is 0 Å². The molecule has 4 heteroatoms. The van der Waals surface area contributed by atoms with Crippen molar-refractivity contribution < 1.29 is 4.74 Å². The first-order valence-corrected chi connectivity index (χ1v) is 21.9. The van der Waals surface area contributed by atoms with E-state index in [0.29, 0.717) is 0 Å². The molecule has 9 rings (SSSR count). The van der Waals surface area contributed by atoms with E-state index in [-0.39, 0.29) is 21.7 Å². The van der Waals surface area contributed by atoms with E-state index in [1.165, 1.54) is 65.9 Å². The van der Waals surface area contributed by atoms with Crippen LogP contribution in [0.15, 0.2) is 119 Å². The standard InChI is InChI=1S/C52H54N2OS.C2H6/c1-49(2,3)31-13-19-41-37(25-31)38-26-32(50(4,5)6)14-20-42(38)53(41)35-17-23-47-45(29-35)55-46-30-36(18-24-48(46)56-47)54-43-21-15-33(51(7,8)9)27-39(43)40-28-34(52(10,11)12)16-22-44(40)54;1-2/h13-30H,1-12H3;1-2H3. The Labute approximate surface area is 350 Å².